The Morgan fingerprint density at radius 2 is 1.94 bits per heavy atom. The molecule has 0 saturated heterocycles. The maximum atomic E-state index is 13.1. The second-order valence-electron chi connectivity index (χ2n) is 4.16. The zero-order valence-electron chi connectivity index (χ0n) is 10.1. The lowest BCUT2D eigenvalue weighted by atomic mass is 10.1. The molecule has 3 heteroatoms. The summed E-state index contributed by atoms with van der Waals surface area (Å²) in [4.78, 5) is 0. The molecule has 0 saturated carbocycles. The smallest absolute Gasteiger partial charge is 0.126 e. The van der Waals surface area contributed by atoms with E-state index in [4.69, 9.17) is 4.42 Å². The summed E-state index contributed by atoms with van der Waals surface area (Å²) >= 11 is 0. The van der Waals surface area contributed by atoms with Crippen LogP contribution in [0.2, 0.25) is 0 Å². The number of benzene rings is 1. The highest BCUT2D eigenvalue weighted by atomic mass is 19.1. The summed E-state index contributed by atoms with van der Waals surface area (Å²) in [6.45, 7) is 2.50. The van der Waals surface area contributed by atoms with Gasteiger partial charge in [0.15, 0.2) is 0 Å². The third-order valence-corrected chi connectivity index (χ3v) is 2.67. The predicted octanol–water partition coefficient (Wildman–Crippen LogP) is 3.04. The molecule has 0 aliphatic heterocycles. The van der Waals surface area contributed by atoms with E-state index in [1.54, 1.807) is 13.0 Å². The first-order valence-corrected chi connectivity index (χ1v) is 5.66. The summed E-state index contributed by atoms with van der Waals surface area (Å²) < 4.78 is 18.8. The minimum atomic E-state index is -0.163. The Balaban J connectivity index is 2.11. The van der Waals surface area contributed by atoms with Crippen LogP contribution in [-0.2, 0) is 13.0 Å². The molecule has 1 aromatic carbocycles. The van der Waals surface area contributed by atoms with Crippen molar-refractivity contribution in [2.45, 2.75) is 19.9 Å². The number of hydrogen-bond donors (Lipinski definition) is 1. The third kappa shape index (κ3) is 2.94. The molecular weight excluding hydrogens is 217 g/mol. The van der Waals surface area contributed by atoms with E-state index in [9.17, 15) is 4.39 Å². The van der Waals surface area contributed by atoms with Crippen molar-refractivity contribution in [1.29, 1.82) is 0 Å². The molecule has 2 nitrogen and oxygen atoms in total. The van der Waals surface area contributed by atoms with Gasteiger partial charge in [-0.15, -0.1) is 0 Å². The van der Waals surface area contributed by atoms with E-state index in [2.05, 4.69) is 5.32 Å². The Kier molecular flexibility index (Phi) is 3.59. The Morgan fingerprint density at radius 1 is 1.18 bits per heavy atom. The van der Waals surface area contributed by atoms with Gasteiger partial charge >= 0.3 is 0 Å². The molecule has 0 spiro atoms. The number of hydrogen-bond acceptors (Lipinski definition) is 2. The lowest BCUT2D eigenvalue weighted by Gasteiger charge is -2.01. The van der Waals surface area contributed by atoms with E-state index in [0.29, 0.717) is 12.0 Å². The molecule has 1 aromatic heterocycles. The van der Waals surface area contributed by atoms with Gasteiger partial charge in [-0.2, -0.15) is 0 Å². The zero-order valence-corrected chi connectivity index (χ0v) is 10.1. The highest BCUT2D eigenvalue weighted by molar-refractivity contribution is 5.27. The highest BCUT2D eigenvalue weighted by Crippen LogP contribution is 2.15. The van der Waals surface area contributed by atoms with Gasteiger partial charge in [0.05, 0.1) is 6.54 Å². The lowest BCUT2D eigenvalue weighted by Crippen LogP contribution is -2.03. The summed E-state index contributed by atoms with van der Waals surface area (Å²) in [6.07, 6.45) is 0.699. The molecule has 17 heavy (non-hydrogen) atoms. The number of halogens is 1. The normalized spacial score (nSPS) is 10.8. The second-order valence-corrected chi connectivity index (χ2v) is 4.16. The molecule has 0 radical (unpaired) electrons. The Labute approximate surface area is 100 Å². The van der Waals surface area contributed by atoms with Crippen LogP contribution in [0.1, 0.15) is 22.6 Å². The fourth-order valence-electron chi connectivity index (χ4n) is 1.80. The van der Waals surface area contributed by atoms with Crippen LogP contribution in [0.4, 0.5) is 4.39 Å². The van der Waals surface area contributed by atoms with E-state index in [1.165, 1.54) is 6.07 Å². The van der Waals surface area contributed by atoms with Crippen molar-refractivity contribution in [1.82, 2.24) is 5.32 Å². The van der Waals surface area contributed by atoms with Gasteiger partial charge in [-0.25, -0.2) is 4.39 Å². The zero-order chi connectivity index (χ0) is 12.3. The molecule has 0 unspecified atom stereocenters. The third-order valence-electron chi connectivity index (χ3n) is 2.67. The summed E-state index contributed by atoms with van der Waals surface area (Å²) in [5.41, 5.74) is 1.73. The molecular formula is C14H16FNO. The molecule has 0 aliphatic carbocycles. The van der Waals surface area contributed by atoms with Crippen LogP contribution < -0.4 is 5.32 Å². The summed E-state index contributed by atoms with van der Waals surface area (Å²) in [5.74, 6) is 1.66. The van der Waals surface area contributed by atoms with Crippen molar-refractivity contribution in [3.8, 4) is 0 Å². The lowest BCUT2D eigenvalue weighted by molar-refractivity contribution is 0.462. The van der Waals surface area contributed by atoms with Crippen LogP contribution in [0.3, 0.4) is 0 Å². The van der Waals surface area contributed by atoms with Crippen molar-refractivity contribution in [2.24, 2.45) is 0 Å². The van der Waals surface area contributed by atoms with E-state index < -0.39 is 0 Å². The average molecular weight is 233 g/mol. The predicted molar refractivity (Wildman–Crippen MR) is 65.4 cm³/mol. The standard InChI is InChI=1S/C14H16FNO/c1-10-7-11(3-6-14(10)15)8-12-4-5-13(17-12)9-16-2/h3-7,16H,8-9H2,1-2H3. The molecule has 2 aromatic rings. The summed E-state index contributed by atoms with van der Waals surface area (Å²) in [7, 11) is 1.88. The van der Waals surface area contributed by atoms with Crippen LogP contribution in [-0.4, -0.2) is 7.05 Å². The molecule has 0 fully saturated rings. The fraction of sp³-hybridized carbons (Fsp3) is 0.286. The molecule has 0 aliphatic rings. The van der Waals surface area contributed by atoms with Crippen molar-refractivity contribution in [2.75, 3.05) is 7.05 Å². The summed E-state index contributed by atoms with van der Waals surface area (Å²) in [5, 5.41) is 3.03. The SMILES string of the molecule is CNCc1ccc(Cc2ccc(F)c(C)c2)o1. The molecule has 1 heterocycles. The topological polar surface area (TPSA) is 25.2 Å². The quantitative estimate of drug-likeness (QED) is 0.878. The van der Waals surface area contributed by atoms with Crippen molar-refractivity contribution in [3.63, 3.8) is 0 Å². The number of aryl methyl sites for hydroxylation is 1. The van der Waals surface area contributed by atoms with Gasteiger partial charge in [-0.1, -0.05) is 12.1 Å². The number of nitrogens with one attached hydrogen (secondary N) is 1. The van der Waals surface area contributed by atoms with Crippen molar-refractivity contribution < 1.29 is 8.81 Å². The average Bonchev–Trinajstić information content (AvgIpc) is 2.72. The second kappa shape index (κ2) is 5.15. The number of rotatable bonds is 4. The molecule has 90 valence electrons. The molecule has 0 atom stereocenters. The minimum absolute atomic E-state index is 0.163. The van der Waals surface area contributed by atoms with Crippen LogP contribution in [0.5, 0.6) is 0 Å². The first-order valence-electron chi connectivity index (χ1n) is 5.66. The van der Waals surface area contributed by atoms with E-state index in [0.717, 1.165) is 23.6 Å². The first-order chi connectivity index (χ1) is 8.19. The maximum absolute atomic E-state index is 13.1. The van der Waals surface area contributed by atoms with Gasteiger partial charge in [-0.05, 0) is 43.3 Å². The summed E-state index contributed by atoms with van der Waals surface area (Å²) in [6, 6.07) is 9.08. The van der Waals surface area contributed by atoms with Crippen LogP contribution in [0.25, 0.3) is 0 Å². The van der Waals surface area contributed by atoms with Crippen molar-refractivity contribution >= 4 is 0 Å². The Hall–Kier alpha value is -1.61. The largest absolute Gasteiger partial charge is 0.464 e. The van der Waals surface area contributed by atoms with Gasteiger partial charge in [-0.3, -0.25) is 0 Å². The van der Waals surface area contributed by atoms with Crippen LogP contribution in [0.15, 0.2) is 34.7 Å². The highest BCUT2D eigenvalue weighted by Gasteiger charge is 2.04. The monoisotopic (exact) mass is 233 g/mol. The van der Waals surface area contributed by atoms with Crippen LogP contribution in [0, 0.1) is 12.7 Å². The van der Waals surface area contributed by atoms with Crippen molar-refractivity contribution in [3.05, 3.63) is 58.8 Å². The van der Waals surface area contributed by atoms with E-state index >= 15 is 0 Å². The van der Waals surface area contributed by atoms with E-state index in [1.807, 2.05) is 25.2 Å². The van der Waals surface area contributed by atoms with Gasteiger partial charge in [0, 0.05) is 6.42 Å². The van der Waals surface area contributed by atoms with Gasteiger partial charge < -0.3 is 9.73 Å². The number of furan rings is 1. The molecule has 1 N–H and O–H groups in total. The molecule has 0 amide bonds. The van der Waals surface area contributed by atoms with Gasteiger partial charge in [0.1, 0.15) is 17.3 Å². The molecule has 0 bridgehead atoms. The fourth-order valence-corrected chi connectivity index (χ4v) is 1.80. The van der Waals surface area contributed by atoms with Gasteiger partial charge in [0.25, 0.3) is 0 Å². The van der Waals surface area contributed by atoms with Crippen LogP contribution >= 0.6 is 0 Å². The maximum Gasteiger partial charge on any atom is 0.126 e. The van der Waals surface area contributed by atoms with Gasteiger partial charge in [0.2, 0.25) is 0 Å². The molecule has 2 rings (SSSR count). The minimum Gasteiger partial charge on any atom is -0.464 e. The first kappa shape index (κ1) is 11.9. The Morgan fingerprint density at radius 3 is 2.65 bits per heavy atom. The van der Waals surface area contributed by atoms with E-state index in [-0.39, 0.29) is 5.82 Å². The Bertz CT molecular complexity index is 505.